The van der Waals surface area contributed by atoms with Crippen LogP contribution in [0.1, 0.15) is 32.3 Å². The summed E-state index contributed by atoms with van der Waals surface area (Å²) >= 11 is 0. The first-order valence-electron chi connectivity index (χ1n) is 6.65. The maximum atomic E-state index is 14.3. The number of ether oxygens (including phenoxy) is 2. The molecular weight excluding hydrogens is 247 g/mol. The molecule has 2 rings (SSSR count). The number of aliphatic hydroxyl groups is 1. The minimum Gasteiger partial charge on any atom is -0.494 e. The van der Waals surface area contributed by atoms with E-state index in [9.17, 15) is 9.50 Å². The molecule has 1 aliphatic rings. The lowest BCUT2D eigenvalue weighted by Gasteiger charge is -2.39. The Labute approximate surface area is 113 Å². The molecule has 1 aromatic carbocycles. The molecule has 106 valence electrons. The van der Waals surface area contributed by atoms with Crippen molar-refractivity contribution in [3.05, 3.63) is 29.6 Å². The summed E-state index contributed by atoms with van der Waals surface area (Å²) in [7, 11) is 1.42. The van der Waals surface area contributed by atoms with Crippen molar-refractivity contribution in [1.29, 1.82) is 0 Å². The molecule has 2 unspecified atom stereocenters. The van der Waals surface area contributed by atoms with Gasteiger partial charge in [-0.05, 0) is 12.0 Å². The fourth-order valence-electron chi connectivity index (χ4n) is 2.57. The van der Waals surface area contributed by atoms with Crippen molar-refractivity contribution in [2.75, 3.05) is 13.7 Å². The van der Waals surface area contributed by atoms with Crippen molar-refractivity contribution >= 4 is 0 Å². The SMILES string of the molecule is COc1cccc(C2(O)CCOC(C(C)C)C2)c1F. The van der Waals surface area contributed by atoms with Gasteiger partial charge in [0.15, 0.2) is 11.6 Å². The van der Waals surface area contributed by atoms with Gasteiger partial charge in [0.2, 0.25) is 0 Å². The number of halogens is 1. The summed E-state index contributed by atoms with van der Waals surface area (Å²) in [4.78, 5) is 0. The van der Waals surface area contributed by atoms with Crippen LogP contribution in [0.15, 0.2) is 18.2 Å². The average molecular weight is 268 g/mol. The van der Waals surface area contributed by atoms with Crippen molar-refractivity contribution in [2.45, 2.75) is 38.4 Å². The smallest absolute Gasteiger partial charge is 0.171 e. The Morgan fingerprint density at radius 3 is 2.84 bits per heavy atom. The Balaban J connectivity index is 2.34. The zero-order valence-electron chi connectivity index (χ0n) is 11.6. The summed E-state index contributed by atoms with van der Waals surface area (Å²) in [6.45, 7) is 4.52. The first-order chi connectivity index (χ1) is 8.98. The number of hydrogen-bond acceptors (Lipinski definition) is 3. The molecule has 0 amide bonds. The third-order valence-corrected chi connectivity index (χ3v) is 3.81. The van der Waals surface area contributed by atoms with Crippen molar-refractivity contribution < 1.29 is 19.0 Å². The Bertz CT molecular complexity index is 447. The van der Waals surface area contributed by atoms with E-state index in [2.05, 4.69) is 0 Å². The summed E-state index contributed by atoms with van der Waals surface area (Å²) in [5.74, 6) is -0.0177. The van der Waals surface area contributed by atoms with Crippen molar-refractivity contribution in [2.24, 2.45) is 5.92 Å². The third kappa shape index (κ3) is 2.74. The zero-order valence-corrected chi connectivity index (χ0v) is 11.6. The van der Waals surface area contributed by atoms with E-state index in [1.807, 2.05) is 13.8 Å². The van der Waals surface area contributed by atoms with Crippen LogP contribution in [-0.2, 0) is 10.3 Å². The normalized spacial score (nSPS) is 27.6. The Morgan fingerprint density at radius 2 is 2.21 bits per heavy atom. The van der Waals surface area contributed by atoms with Gasteiger partial charge in [-0.15, -0.1) is 0 Å². The molecule has 1 heterocycles. The van der Waals surface area contributed by atoms with Crippen LogP contribution in [0.25, 0.3) is 0 Å². The molecule has 1 N–H and O–H groups in total. The van der Waals surface area contributed by atoms with Crippen LogP contribution in [0.5, 0.6) is 5.75 Å². The van der Waals surface area contributed by atoms with Gasteiger partial charge in [-0.25, -0.2) is 4.39 Å². The van der Waals surface area contributed by atoms with Gasteiger partial charge in [-0.3, -0.25) is 0 Å². The van der Waals surface area contributed by atoms with Gasteiger partial charge in [0, 0.05) is 18.4 Å². The van der Waals surface area contributed by atoms with Crippen LogP contribution >= 0.6 is 0 Å². The van der Waals surface area contributed by atoms with E-state index in [-0.39, 0.29) is 11.9 Å². The first kappa shape index (κ1) is 14.3. The lowest BCUT2D eigenvalue weighted by molar-refractivity contribution is -0.122. The highest BCUT2D eigenvalue weighted by molar-refractivity contribution is 5.35. The lowest BCUT2D eigenvalue weighted by Crippen LogP contribution is -2.41. The average Bonchev–Trinajstić information content (AvgIpc) is 2.38. The largest absolute Gasteiger partial charge is 0.494 e. The molecule has 4 heteroatoms. The van der Waals surface area contributed by atoms with Gasteiger partial charge in [0.05, 0.1) is 25.4 Å². The van der Waals surface area contributed by atoms with Crippen LogP contribution in [-0.4, -0.2) is 24.9 Å². The molecule has 0 radical (unpaired) electrons. The standard InChI is InChI=1S/C15H21FO3/c1-10(2)13-9-15(17,7-8-19-13)11-5-4-6-12(18-3)14(11)16/h4-6,10,13,17H,7-9H2,1-3H3. The maximum absolute atomic E-state index is 14.3. The number of rotatable bonds is 3. The van der Waals surface area contributed by atoms with Gasteiger partial charge in [0.1, 0.15) is 0 Å². The monoisotopic (exact) mass is 268 g/mol. The summed E-state index contributed by atoms with van der Waals surface area (Å²) in [6, 6.07) is 4.89. The minimum atomic E-state index is -1.17. The van der Waals surface area contributed by atoms with Gasteiger partial charge < -0.3 is 14.6 Å². The van der Waals surface area contributed by atoms with Crippen molar-refractivity contribution in [1.82, 2.24) is 0 Å². The molecule has 1 aromatic rings. The fraction of sp³-hybridized carbons (Fsp3) is 0.600. The van der Waals surface area contributed by atoms with Crippen LogP contribution in [0, 0.1) is 11.7 Å². The molecule has 3 nitrogen and oxygen atoms in total. The van der Waals surface area contributed by atoms with E-state index in [1.54, 1.807) is 18.2 Å². The highest BCUT2D eigenvalue weighted by Gasteiger charge is 2.40. The quantitative estimate of drug-likeness (QED) is 0.916. The first-order valence-corrected chi connectivity index (χ1v) is 6.65. The molecule has 2 atom stereocenters. The molecule has 0 saturated carbocycles. The van der Waals surface area contributed by atoms with Gasteiger partial charge in [-0.2, -0.15) is 0 Å². The second-order valence-electron chi connectivity index (χ2n) is 5.46. The van der Waals surface area contributed by atoms with E-state index < -0.39 is 11.4 Å². The van der Waals surface area contributed by atoms with Crippen molar-refractivity contribution in [3.63, 3.8) is 0 Å². The van der Waals surface area contributed by atoms with E-state index in [4.69, 9.17) is 9.47 Å². The predicted octanol–water partition coefficient (Wildman–Crippen LogP) is 2.86. The van der Waals surface area contributed by atoms with Crippen LogP contribution in [0.4, 0.5) is 4.39 Å². The Hall–Kier alpha value is -1.13. The van der Waals surface area contributed by atoms with Crippen LogP contribution in [0.3, 0.4) is 0 Å². The predicted molar refractivity (Wildman–Crippen MR) is 70.7 cm³/mol. The molecule has 0 bridgehead atoms. The molecule has 0 aromatic heterocycles. The molecular formula is C15H21FO3. The zero-order chi connectivity index (χ0) is 14.0. The summed E-state index contributed by atoms with van der Waals surface area (Å²) < 4.78 is 24.9. The van der Waals surface area contributed by atoms with Crippen LogP contribution in [0.2, 0.25) is 0 Å². The molecule has 19 heavy (non-hydrogen) atoms. The maximum Gasteiger partial charge on any atom is 0.171 e. The summed E-state index contributed by atoms with van der Waals surface area (Å²) in [5, 5.41) is 10.8. The highest BCUT2D eigenvalue weighted by atomic mass is 19.1. The van der Waals surface area contributed by atoms with Crippen LogP contribution < -0.4 is 4.74 Å². The van der Waals surface area contributed by atoms with E-state index in [0.717, 1.165) is 0 Å². The molecule has 1 fully saturated rings. The third-order valence-electron chi connectivity index (χ3n) is 3.81. The Morgan fingerprint density at radius 1 is 1.47 bits per heavy atom. The molecule has 1 aliphatic heterocycles. The van der Waals surface area contributed by atoms with Gasteiger partial charge in [-0.1, -0.05) is 26.0 Å². The lowest BCUT2D eigenvalue weighted by atomic mass is 9.81. The number of methoxy groups -OCH3 is 1. The summed E-state index contributed by atoms with van der Waals surface area (Å²) in [6.07, 6.45) is 0.763. The number of hydrogen-bond donors (Lipinski definition) is 1. The van der Waals surface area contributed by atoms with Gasteiger partial charge >= 0.3 is 0 Å². The molecule has 1 saturated heterocycles. The number of benzene rings is 1. The molecule has 0 aliphatic carbocycles. The van der Waals surface area contributed by atoms with E-state index >= 15 is 0 Å². The topological polar surface area (TPSA) is 38.7 Å². The highest BCUT2D eigenvalue weighted by Crippen LogP contribution is 2.39. The second-order valence-corrected chi connectivity index (χ2v) is 5.46. The second kappa shape index (κ2) is 5.47. The van der Waals surface area contributed by atoms with Gasteiger partial charge in [0.25, 0.3) is 0 Å². The molecule has 0 spiro atoms. The van der Waals surface area contributed by atoms with E-state index in [1.165, 1.54) is 7.11 Å². The summed E-state index contributed by atoms with van der Waals surface area (Å²) in [5.41, 5.74) is -0.868. The minimum absolute atomic E-state index is 0.0515. The fourth-order valence-corrected chi connectivity index (χ4v) is 2.57. The van der Waals surface area contributed by atoms with Crippen molar-refractivity contribution in [3.8, 4) is 5.75 Å². The van der Waals surface area contributed by atoms with E-state index in [0.29, 0.717) is 30.9 Å². The Kier molecular flexibility index (Phi) is 4.11.